The van der Waals surface area contributed by atoms with Gasteiger partial charge in [0.2, 0.25) is 0 Å². The van der Waals surface area contributed by atoms with Gasteiger partial charge in [-0.1, -0.05) is 6.42 Å². The Morgan fingerprint density at radius 1 is 1.47 bits per heavy atom. The van der Waals surface area contributed by atoms with Gasteiger partial charge in [0.15, 0.2) is 0 Å². The molecule has 1 aliphatic heterocycles. The van der Waals surface area contributed by atoms with Crippen molar-refractivity contribution in [2.24, 2.45) is 0 Å². The first kappa shape index (κ1) is 14.7. The monoisotopic (exact) mass is 281 g/mol. The minimum atomic E-state index is -0.302. The zero-order chi connectivity index (χ0) is 13.8. The normalized spacial score (nSPS) is 21.2. The average Bonchev–Trinajstić information content (AvgIpc) is 2.43. The molecule has 2 unspecified atom stereocenters. The molecule has 2 heterocycles. The second-order valence-corrected chi connectivity index (χ2v) is 6.57. The van der Waals surface area contributed by atoms with Crippen LogP contribution in [0.25, 0.3) is 0 Å². The van der Waals surface area contributed by atoms with E-state index in [1.807, 2.05) is 31.8 Å². The largest absolute Gasteiger partial charge is 0.496 e. The van der Waals surface area contributed by atoms with Crippen LogP contribution in [0.5, 0.6) is 5.75 Å². The number of aliphatic hydroxyl groups is 1. The first-order valence-corrected chi connectivity index (χ1v) is 7.97. The molecule has 19 heavy (non-hydrogen) atoms. The van der Waals surface area contributed by atoms with Gasteiger partial charge in [0.1, 0.15) is 5.75 Å². The fraction of sp³-hybridized carbons (Fsp3) is 0.667. The van der Waals surface area contributed by atoms with Crippen molar-refractivity contribution in [2.45, 2.75) is 50.9 Å². The van der Waals surface area contributed by atoms with E-state index in [1.165, 1.54) is 18.6 Å². The zero-order valence-corrected chi connectivity index (χ0v) is 12.8. The van der Waals surface area contributed by atoms with Gasteiger partial charge in [0, 0.05) is 34.7 Å². The first-order valence-electron chi connectivity index (χ1n) is 6.92. The van der Waals surface area contributed by atoms with Crippen molar-refractivity contribution in [1.29, 1.82) is 0 Å². The van der Waals surface area contributed by atoms with Gasteiger partial charge in [-0.3, -0.25) is 4.98 Å². The third-order valence-electron chi connectivity index (χ3n) is 3.80. The third kappa shape index (κ3) is 3.42. The van der Waals surface area contributed by atoms with E-state index >= 15 is 0 Å². The molecule has 0 aromatic carbocycles. The summed E-state index contributed by atoms with van der Waals surface area (Å²) in [5.74, 6) is 2.07. The molecule has 0 aliphatic carbocycles. The predicted molar refractivity (Wildman–Crippen MR) is 80.1 cm³/mol. The molecule has 0 saturated carbocycles. The Morgan fingerprint density at radius 3 is 2.89 bits per heavy atom. The summed E-state index contributed by atoms with van der Waals surface area (Å²) >= 11 is 1.90. The van der Waals surface area contributed by atoms with Crippen LogP contribution < -0.4 is 4.74 Å². The lowest BCUT2D eigenvalue weighted by Gasteiger charge is -2.26. The van der Waals surface area contributed by atoms with Crippen LogP contribution in [-0.4, -0.2) is 34.3 Å². The van der Waals surface area contributed by atoms with E-state index in [1.54, 1.807) is 7.11 Å². The van der Waals surface area contributed by atoms with E-state index in [0.29, 0.717) is 11.7 Å². The Kier molecular flexibility index (Phi) is 5.11. The van der Waals surface area contributed by atoms with Crippen LogP contribution >= 0.6 is 11.8 Å². The van der Waals surface area contributed by atoms with Crippen molar-refractivity contribution in [3.05, 3.63) is 23.0 Å². The lowest BCUT2D eigenvalue weighted by molar-refractivity contribution is 0.164. The fourth-order valence-corrected chi connectivity index (χ4v) is 4.00. The van der Waals surface area contributed by atoms with E-state index in [4.69, 9.17) is 4.74 Å². The molecule has 3 nitrogen and oxygen atoms in total. The number of aliphatic hydroxyl groups excluding tert-OH is 1. The smallest absolute Gasteiger partial charge is 0.128 e. The van der Waals surface area contributed by atoms with Crippen LogP contribution in [0.15, 0.2) is 6.20 Å². The number of ether oxygens (including phenoxy) is 1. The number of rotatable bonds is 4. The summed E-state index contributed by atoms with van der Waals surface area (Å²) in [7, 11) is 1.69. The maximum absolute atomic E-state index is 10.4. The quantitative estimate of drug-likeness (QED) is 0.921. The topological polar surface area (TPSA) is 42.4 Å². The van der Waals surface area contributed by atoms with Crippen LogP contribution in [0.1, 0.15) is 36.1 Å². The molecule has 2 atom stereocenters. The number of hydrogen-bond donors (Lipinski definition) is 1. The fourth-order valence-electron chi connectivity index (χ4n) is 2.68. The van der Waals surface area contributed by atoms with E-state index in [2.05, 4.69) is 4.98 Å². The molecule has 1 fully saturated rings. The Bertz CT molecular complexity index is 430. The van der Waals surface area contributed by atoms with Crippen LogP contribution in [-0.2, 0) is 6.42 Å². The van der Waals surface area contributed by atoms with E-state index in [9.17, 15) is 5.11 Å². The minimum absolute atomic E-state index is 0.302. The lowest BCUT2D eigenvalue weighted by Crippen LogP contribution is -2.28. The number of aromatic nitrogens is 1. The highest BCUT2D eigenvalue weighted by molar-refractivity contribution is 8.00. The molecular formula is C15H23NO2S. The van der Waals surface area contributed by atoms with Crippen LogP contribution in [0, 0.1) is 13.8 Å². The molecule has 4 heteroatoms. The molecule has 0 spiro atoms. The van der Waals surface area contributed by atoms with Crippen molar-refractivity contribution in [3.8, 4) is 5.75 Å². The van der Waals surface area contributed by atoms with Crippen molar-refractivity contribution in [2.75, 3.05) is 12.9 Å². The summed E-state index contributed by atoms with van der Waals surface area (Å²) in [5, 5.41) is 10.7. The molecule has 2 rings (SSSR count). The van der Waals surface area contributed by atoms with E-state index in [0.717, 1.165) is 29.0 Å². The van der Waals surface area contributed by atoms with Gasteiger partial charge < -0.3 is 9.84 Å². The number of aryl methyl sites for hydroxylation is 1. The Labute approximate surface area is 119 Å². The SMILES string of the molecule is COc1c(C)cnc(CC(O)C2CCCCS2)c1C. The molecule has 0 bridgehead atoms. The van der Waals surface area contributed by atoms with Crippen molar-refractivity contribution >= 4 is 11.8 Å². The van der Waals surface area contributed by atoms with Crippen molar-refractivity contribution in [3.63, 3.8) is 0 Å². The summed E-state index contributed by atoms with van der Waals surface area (Å²) in [6.45, 7) is 4.02. The van der Waals surface area contributed by atoms with E-state index < -0.39 is 0 Å². The van der Waals surface area contributed by atoms with Crippen molar-refractivity contribution < 1.29 is 9.84 Å². The van der Waals surface area contributed by atoms with Crippen LogP contribution in [0.4, 0.5) is 0 Å². The lowest BCUT2D eigenvalue weighted by atomic mass is 10.0. The Balaban J connectivity index is 2.10. The average molecular weight is 281 g/mol. The predicted octanol–water partition coefficient (Wildman–Crippen LogP) is 2.90. The second-order valence-electron chi connectivity index (χ2n) is 5.22. The number of hydrogen-bond acceptors (Lipinski definition) is 4. The molecule has 0 radical (unpaired) electrons. The van der Waals surface area contributed by atoms with Gasteiger partial charge in [-0.25, -0.2) is 0 Å². The van der Waals surface area contributed by atoms with Gasteiger partial charge in [-0.15, -0.1) is 0 Å². The number of nitrogens with zero attached hydrogens (tertiary/aromatic N) is 1. The van der Waals surface area contributed by atoms with Crippen molar-refractivity contribution in [1.82, 2.24) is 4.98 Å². The highest BCUT2D eigenvalue weighted by Gasteiger charge is 2.24. The molecule has 1 aliphatic rings. The van der Waals surface area contributed by atoms with Crippen LogP contribution in [0.3, 0.4) is 0 Å². The Morgan fingerprint density at radius 2 is 2.26 bits per heavy atom. The molecule has 1 N–H and O–H groups in total. The number of thioether (sulfide) groups is 1. The Hall–Kier alpha value is -0.740. The summed E-state index contributed by atoms with van der Waals surface area (Å²) in [4.78, 5) is 4.47. The summed E-state index contributed by atoms with van der Waals surface area (Å²) in [6, 6.07) is 0. The van der Waals surface area contributed by atoms with Gasteiger partial charge in [0.05, 0.1) is 13.2 Å². The highest BCUT2D eigenvalue weighted by atomic mass is 32.2. The van der Waals surface area contributed by atoms with Crippen LogP contribution in [0.2, 0.25) is 0 Å². The van der Waals surface area contributed by atoms with E-state index in [-0.39, 0.29) is 6.10 Å². The summed E-state index contributed by atoms with van der Waals surface area (Å²) in [6.07, 6.45) is 5.79. The summed E-state index contributed by atoms with van der Waals surface area (Å²) < 4.78 is 5.42. The highest BCUT2D eigenvalue weighted by Crippen LogP contribution is 2.30. The molecule has 0 amide bonds. The van der Waals surface area contributed by atoms with Gasteiger partial charge in [-0.05, 0) is 32.4 Å². The van der Waals surface area contributed by atoms with Gasteiger partial charge in [-0.2, -0.15) is 11.8 Å². The van der Waals surface area contributed by atoms with Gasteiger partial charge in [0.25, 0.3) is 0 Å². The molecule has 1 aromatic heterocycles. The molecule has 106 valence electrons. The third-order valence-corrected chi connectivity index (χ3v) is 5.30. The standard InChI is InChI=1S/C15H23NO2S/c1-10-9-16-12(11(2)15(10)18-3)8-13(17)14-6-4-5-7-19-14/h9,13-14,17H,4-8H2,1-3H3. The minimum Gasteiger partial charge on any atom is -0.496 e. The number of methoxy groups -OCH3 is 1. The molecule has 1 saturated heterocycles. The van der Waals surface area contributed by atoms with Gasteiger partial charge >= 0.3 is 0 Å². The summed E-state index contributed by atoms with van der Waals surface area (Å²) in [5.41, 5.74) is 3.06. The molecular weight excluding hydrogens is 258 g/mol. The first-order chi connectivity index (χ1) is 9.13. The second kappa shape index (κ2) is 6.62. The maximum Gasteiger partial charge on any atom is 0.128 e. The zero-order valence-electron chi connectivity index (χ0n) is 12.0. The maximum atomic E-state index is 10.4. The molecule has 1 aromatic rings. The number of pyridine rings is 1.